The summed E-state index contributed by atoms with van der Waals surface area (Å²) < 4.78 is 56.7. The summed E-state index contributed by atoms with van der Waals surface area (Å²) >= 11 is 0. The summed E-state index contributed by atoms with van der Waals surface area (Å²) in [5.41, 5.74) is 1.56. The first kappa shape index (κ1) is 15.2. The first-order valence-electron chi connectivity index (χ1n) is 6.31. The van der Waals surface area contributed by atoms with Crippen LogP contribution in [0.3, 0.4) is 0 Å². The molecule has 0 aromatic heterocycles. The van der Waals surface area contributed by atoms with E-state index in [4.69, 9.17) is 10.6 Å². The van der Waals surface area contributed by atoms with Crippen LogP contribution < -0.4 is 11.3 Å². The predicted octanol–water partition coefficient (Wildman–Crippen LogP) is 2.92. The molecule has 2 rings (SSSR count). The van der Waals surface area contributed by atoms with Crippen LogP contribution >= 0.6 is 0 Å². The number of nitrogens with one attached hydrogen (secondary N) is 1. The number of hydrazine groups is 1. The van der Waals surface area contributed by atoms with Gasteiger partial charge in [0.2, 0.25) is 0 Å². The van der Waals surface area contributed by atoms with Crippen LogP contribution in [0.4, 0.5) is 17.6 Å². The van der Waals surface area contributed by atoms with Crippen molar-refractivity contribution >= 4 is 0 Å². The Balaban J connectivity index is 2.25. The third kappa shape index (κ3) is 3.11. The highest BCUT2D eigenvalue weighted by molar-refractivity contribution is 5.29. The summed E-state index contributed by atoms with van der Waals surface area (Å²) in [5, 5.41) is 0. The van der Waals surface area contributed by atoms with E-state index in [1.54, 1.807) is 0 Å². The number of ether oxygens (including phenoxy) is 1. The molecule has 20 heavy (non-hydrogen) atoms. The third-order valence-electron chi connectivity index (χ3n) is 3.47. The zero-order chi connectivity index (χ0) is 14.9. The van der Waals surface area contributed by atoms with E-state index in [0.717, 1.165) is 25.0 Å². The Morgan fingerprint density at radius 1 is 1.35 bits per heavy atom. The standard InChI is InChI=1S/C13H16F4N2O/c1-7-2-5-11(20-7)12(19-18)8-3-4-9(10(14)6-8)13(15,16)17/h3-4,6-7,11-12,19H,2,5,18H2,1H3. The van der Waals surface area contributed by atoms with Gasteiger partial charge in [-0.25, -0.2) is 4.39 Å². The average molecular weight is 292 g/mol. The lowest BCUT2D eigenvalue weighted by atomic mass is 9.98. The van der Waals surface area contributed by atoms with E-state index in [2.05, 4.69) is 5.43 Å². The minimum Gasteiger partial charge on any atom is -0.373 e. The van der Waals surface area contributed by atoms with Crippen LogP contribution in [0.5, 0.6) is 0 Å². The van der Waals surface area contributed by atoms with E-state index >= 15 is 0 Å². The quantitative estimate of drug-likeness (QED) is 0.511. The highest BCUT2D eigenvalue weighted by atomic mass is 19.4. The molecule has 3 atom stereocenters. The minimum absolute atomic E-state index is 0.0649. The first-order valence-corrected chi connectivity index (χ1v) is 6.31. The second-order valence-electron chi connectivity index (χ2n) is 4.94. The van der Waals surface area contributed by atoms with Crippen molar-refractivity contribution in [3.05, 3.63) is 35.1 Å². The highest BCUT2D eigenvalue weighted by Gasteiger charge is 2.35. The van der Waals surface area contributed by atoms with Gasteiger partial charge >= 0.3 is 6.18 Å². The molecule has 112 valence electrons. The summed E-state index contributed by atoms with van der Waals surface area (Å²) in [6, 6.07) is 2.28. The lowest BCUT2D eigenvalue weighted by Crippen LogP contribution is -2.36. The molecule has 1 heterocycles. The van der Waals surface area contributed by atoms with E-state index in [1.165, 1.54) is 6.07 Å². The van der Waals surface area contributed by atoms with Gasteiger partial charge in [-0.2, -0.15) is 13.2 Å². The number of hydrogen-bond acceptors (Lipinski definition) is 3. The number of alkyl halides is 3. The van der Waals surface area contributed by atoms with Crippen LogP contribution in [0.2, 0.25) is 0 Å². The number of rotatable bonds is 3. The summed E-state index contributed by atoms with van der Waals surface area (Å²) in [4.78, 5) is 0. The fraction of sp³-hybridized carbons (Fsp3) is 0.538. The van der Waals surface area contributed by atoms with Crippen molar-refractivity contribution in [1.82, 2.24) is 5.43 Å². The van der Waals surface area contributed by atoms with E-state index in [9.17, 15) is 17.6 Å². The Kier molecular flexibility index (Phi) is 4.31. The topological polar surface area (TPSA) is 47.3 Å². The van der Waals surface area contributed by atoms with Crippen molar-refractivity contribution in [1.29, 1.82) is 0 Å². The molecule has 3 unspecified atom stereocenters. The Hall–Kier alpha value is -1.18. The van der Waals surface area contributed by atoms with Crippen LogP contribution in [0, 0.1) is 5.82 Å². The van der Waals surface area contributed by atoms with Gasteiger partial charge in [0.1, 0.15) is 5.82 Å². The van der Waals surface area contributed by atoms with Crippen LogP contribution in [-0.4, -0.2) is 12.2 Å². The zero-order valence-corrected chi connectivity index (χ0v) is 10.9. The fourth-order valence-electron chi connectivity index (χ4n) is 2.45. The first-order chi connectivity index (χ1) is 9.32. The molecule has 0 saturated carbocycles. The Bertz CT molecular complexity index is 478. The molecule has 1 aliphatic heterocycles. The van der Waals surface area contributed by atoms with E-state index in [-0.39, 0.29) is 12.2 Å². The SMILES string of the molecule is CC1CCC(C(NN)c2ccc(C(F)(F)F)c(F)c2)O1. The summed E-state index contributed by atoms with van der Waals surface area (Å²) in [7, 11) is 0. The molecule has 1 aromatic rings. The molecule has 0 amide bonds. The van der Waals surface area contributed by atoms with Crippen molar-refractivity contribution in [2.45, 2.75) is 44.2 Å². The summed E-state index contributed by atoms with van der Waals surface area (Å²) in [5.74, 6) is 4.12. The largest absolute Gasteiger partial charge is 0.419 e. The van der Waals surface area contributed by atoms with E-state index in [0.29, 0.717) is 5.56 Å². The molecule has 1 aromatic carbocycles. The van der Waals surface area contributed by atoms with Gasteiger partial charge in [0, 0.05) is 0 Å². The molecule has 1 saturated heterocycles. The normalized spacial score (nSPS) is 24.9. The van der Waals surface area contributed by atoms with Gasteiger partial charge in [-0.15, -0.1) is 0 Å². The Morgan fingerprint density at radius 2 is 2.05 bits per heavy atom. The molecule has 0 bridgehead atoms. The third-order valence-corrected chi connectivity index (χ3v) is 3.47. The Labute approximate surface area is 114 Å². The van der Waals surface area contributed by atoms with Gasteiger partial charge in [0.05, 0.1) is 23.8 Å². The van der Waals surface area contributed by atoms with Gasteiger partial charge in [0.15, 0.2) is 0 Å². The van der Waals surface area contributed by atoms with Gasteiger partial charge < -0.3 is 4.74 Å². The van der Waals surface area contributed by atoms with Crippen LogP contribution in [-0.2, 0) is 10.9 Å². The van der Waals surface area contributed by atoms with Crippen molar-refractivity contribution in [3.8, 4) is 0 Å². The fourth-order valence-corrected chi connectivity index (χ4v) is 2.45. The van der Waals surface area contributed by atoms with Crippen molar-refractivity contribution in [2.24, 2.45) is 5.84 Å². The second-order valence-corrected chi connectivity index (χ2v) is 4.94. The monoisotopic (exact) mass is 292 g/mol. The van der Waals surface area contributed by atoms with Crippen LogP contribution in [0.15, 0.2) is 18.2 Å². The zero-order valence-electron chi connectivity index (χ0n) is 10.9. The molecule has 0 radical (unpaired) electrons. The Morgan fingerprint density at radius 3 is 2.50 bits per heavy atom. The maximum Gasteiger partial charge on any atom is 0.419 e. The average Bonchev–Trinajstić information content (AvgIpc) is 2.75. The summed E-state index contributed by atoms with van der Waals surface area (Å²) in [6.07, 6.45) is -3.35. The molecule has 3 nitrogen and oxygen atoms in total. The number of nitrogens with two attached hydrogens (primary N) is 1. The van der Waals surface area contributed by atoms with Crippen molar-refractivity contribution in [2.75, 3.05) is 0 Å². The minimum atomic E-state index is -4.70. The van der Waals surface area contributed by atoms with E-state index in [1.807, 2.05) is 6.92 Å². The predicted molar refractivity (Wildman–Crippen MR) is 65.0 cm³/mol. The van der Waals surface area contributed by atoms with Gasteiger partial charge in [0.25, 0.3) is 0 Å². The van der Waals surface area contributed by atoms with Crippen molar-refractivity contribution in [3.63, 3.8) is 0 Å². The highest BCUT2D eigenvalue weighted by Crippen LogP contribution is 2.34. The van der Waals surface area contributed by atoms with Crippen molar-refractivity contribution < 1.29 is 22.3 Å². The van der Waals surface area contributed by atoms with Gasteiger partial charge in [-0.1, -0.05) is 6.07 Å². The molecule has 0 spiro atoms. The molecule has 0 aliphatic carbocycles. The number of hydrogen-bond donors (Lipinski definition) is 2. The molecular weight excluding hydrogens is 276 g/mol. The molecule has 1 aliphatic rings. The van der Waals surface area contributed by atoms with E-state index < -0.39 is 23.6 Å². The maximum atomic E-state index is 13.6. The van der Waals surface area contributed by atoms with Gasteiger partial charge in [-0.3, -0.25) is 11.3 Å². The lowest BCUT2D eigenvalue weighted by Gasteiger charge is -2.23. The number of halogens is 4. The van der Waals surface area contributed by atoms with Crippen LogP contribution in [0.1, 0.15) is 36.9 Å². The lowest BCUT2D eigenvalue weighted by molar-refractivity contribution is -0.140. The van der Waals surface area contributed by atoms with Crippen LogP contribution in [0.25, 0.3) is 0 Å². The smallest absolute Gasteiger partial charge is 0.373 e. The summed E-state index contributed by atoms with van der Waals surface area (Å²) in [6.45, 7) is 1.90. The maximum absolute atomic E-state index is 13.6. The molecule has 1 fully saturated rings. The van der Waals surface area contributed by atoms with Gasteiger partial charge in [-0.05, 0) is 37.5 Å². The molecule has 7 heteroatoms. The molecule has 3 N–H and O–H groups in total. The molecular formula is C13H16F4N2O. The number of benzene rings is 1. The second kappa shape index (κ2) is 5.67.